The van der Waals surface area contributed by atoms with Crippen LogP contribution in [0.25, 0.3) is 0 Å². The van der Waals surface area contributed by atoms with E-state index in [2.05, 4.69) is 39.9 Å². The number of benzene rings is 2. The number of guanidine groups is 1. The third-order valence-electron chi connectivity index (χ3n) is 3.74. The maximum atomic E-state index is 12.1. The SMILES string of the molecule is C#Cc1cccc(NC(=O)CNC(=NCc2ccccc2C)NCC)c1. The third-order valence-corrected chi connectivity index (χ3v) is 3.74. The minimum Gasteiger partial charge on any atom is -0.357 e. The Morgan fingerprint density at radius 3 is 2.69 bits per heavy atom. The van der Waals surface area contributed by atoms with Crippen molar-refractivity contribution in [2.24, 2.45) is 4.99 Å². The Labute approximate surface area is 154 Å². The Morgan fingerprint density at radius 1 is 1.15 bits per heavy atom. The number of hydrogen-bond acceptors (Lipinski definition) is 2. The number of aliphatic imine (C=N–C) groups is 1. The van der Waals surface area contributed by atoms with Crippen LogP contribution in [0.3, 0.4) is 0 Å². The number of nitrogens with zero attached hydrogens (tertiary/aromatic N) is 1. The summed E-state index contributed by atoms with van der Waals surface area (Å²) in [7, 11) is 0. The van der Waals surface area contributed by atoms with Gasteiger partial charge in [-0.15, -0.1) is 6.42 Å². The molecule has 2 rings (SSSR count). The standard InChI is InChI=1S/C21H24N4O/c1-4-17-10-8-12-19(13-17)25-20(26)15-24-21(22-5-2)23-14-18-11-7-6-9-16(18)3/h1,6-13H,5,14-15H2,2-3H3,(H,25,26)(H2,22,23,24). The first-order valence-electron chi connectivity index (χ1n) is 8.55. The maximum Gasteiger partial charge on any atom is 0.243 e. The van der Waals surface area contributed by atoms with Gasteiger partial charge in [-0.2, -0.15) is 0 Å². The summed E-state index contributed by atoms with van der Waals surface area (Å²) >= 11 is 0. The molecule has 0 aliphatic heterocycles. The molecule has 0 heterocycles. The minimum atomic E-state index is -0.166. The smallest absolute Gasteiger partial charge is 0.243 e. The summed E-state index contributed by atoms with van der Waals surface area (Å²) in [6, 6.07) is 15.3. The van der Waals surface area contributed by atoms with Gasteiger partial charge in [-0.05, 0) is 43.2 Å². The van der Waals surface area contributed by atoms with Crippen LogP contribution in [-0.4, -0.2) is 25.0 Å². The number of rotatable bonds is 6. The first-order chi connectivity index (χ1) is 12.6. The summed E-state index contributed by atoms with van der Waals surface area (Å²) in [5.41, 5.74) is 3.75. The first-order valence-corrected chi connectivity index (χ1v) is 8.55. The van der Waals surface area contributed by atoms with Gasteiger partial charge in [0.1, 0.15) is 0 Å². The number of terminal acetylenes is 1. The Morgan fingerprint density at radius 2 is 1.96 bits per heavy atom. The highest BCUT2D eigenvalue weighted by atomic mass is 16.1. The third kappa shape index (κ3) is 5.99. The molecule has 2 aromatic rings. The average molecular weight is 348 g/mol. The number of aryl methyl sites for hydroxylation is 1. The van der Waals surface area contributed by atoms with E-state index in [1.54, 1.807) is 12.1 Å². The van der Waals surface area contributed by atoms with E-state index < -0.39 is 0 Å². The molecule has 2 aromatic carbocycles. The van der Waals surface area contributed by atoms with E-state index in [4.69, 9.17) is 6.42 Å². The van der Waals surface area contributed by atoms with E-state index >= 15 is 0 Å². The van der Waals surface area contributed by atoms with Crippen LogP contribution in [0.2, 0.25) is 0 Å². The van der Waals surface area contributed by atoms with Crippen LogP contribution in [0, 0.1) is 19.3 Å². The molecular formula is C21H24N4O. The molecule has 0 radical (unpaired) electrons. The van der Waals surface area contributed by atoms with Gasteiger partial charge in [0.15, 0.2) is 5.96 Å². The predicted molar refractivity (Wildman–Crippen MR) is 107 cm³/mol. The summed E-state index contributed by atoms with van der Waals surface area (Å²) in [5.74, 6) is 2.98. The van der Waals surface area contributed by atoms with Crippen molar-refractivity contribution in [2.75, 3.05) is 18.4 Å². The fourth-order valence-corrected chi connectivity index (χ4v) is 2.35. The van der Waals surface area contributed by atoms with Gasteiger partial charge in [-0.25, -0.2) is 4.99 Å². The van der Waals surface area contributed by atoms with Gasteiger partial charge in [0.2, 0.25) is 5.91 Å². The molecule has 5 nitrogen and oxygen atoms in total. The summed E-state index contributed by atoms with van der Waals surface area (Å²) in [6.45, 7) is 5.42. The van der Waals surface area contributed by atoms with Gasteiger partial charge in [0, 0.05) is 17.8 Å². The Balaban J connectivity index is 1.92. The quantitative estimate of drug-likeness (QED) is 0.427. The lowest BCUT2D eigenvalue weighted by Gasteiger charge is -2.12. The van der Waals surface area contributed by atoms with E-state index in [1.165, 1.54) is 5.56 Å². The van der Waals surface area contributed by atoms with E-state index in [0.717, 1.165) is 11.1 Å². The highest BCUT2D eigenvalue weighted by molar-refractivity contribution is 5.95. The molecule has 0 aromatic heterocycles. The molecule has 0 atom stereocenters. The van der Waals surface area contributed by atoms with Crippen molar-refractivity contribution in [1.29, 1.82) is 0 Å². The zero-order valence-corrected chi connectivity index (χ0v) is 15.2. The monoisotopic (exact) mass is 348 g/mol. The van der Waals surface area contributed by atoms with Crippen LogP contribution in [0.4, 0.5) is 5.69 Å². The van der Waals surface area contributed by atoms with Crippen molar-refractivity contribution < 1.29 is 4.79 Å². The Bertz CT molecular complexity index is 821. The average Bonchev–Trinajstić information content (AvgIpc) is 2.65. The molecule has 0 fully saturated rings. The van der Waals surface area contributed by atoms with Crippen LogP contribution in [0.15, 0.2) is 53.5 Å². The lowest BCUT2D eigenvalue weighted by molar-refractivity contribution is -0.115. The van der Waals surface area contributed by atoms with Gasteiger partial charge in [-0.3, -0.25) is 4.79 Å². The van der Waals surface area contributed by atoms with Crippen molar-refractivity contribution in [3.8, 4) is 12.3 Å². The molecule has 0 aliphatic carbocycles. The molecule has 0 saturated carbocycles. The van der Waals surface area contributed by atoms with Crippen LogP contribution in [0.5, 0.6) is 0 Å². The second kappa shape index (κ2) is 9.90. The molecule has 0 saturated heterocycles. The molecule has 0 aliphatic rings. The Kier molecular flexibility index (Phi) is 7.26. The predicted octanol–water partition coefficient (Wildman–Crippen LogP) is 2.67. The first kappa shape index (κ1) is 19.1. The summed E-state index contributed by atoms with van der Waals surface area (Å²) in [4.78, 5) is 16.7. The maximum absolute atomic E-state index is 12.1. The molecule has 5 heteroatoms. The van der Waals surface area contributed by atoms with Crippen LogP contribution in [-0.2, 0) is 11.3 Å². The molecule has 1 amide bonds. The van der Waals surface area contributed by atoms with Gasteiger partial charge in [-0.1, -0.05) is 36.3 Å². The van der Waals surface area contributed by atoms with Crippen LogP contribution in [0.1, 0.15) is 23.6 Å². The second-order valence-corrected chi connectivity index (χ2v) is 5.75. The lowest BCUT2D eigenvalue weighted by atomic mass is 10.1. The van der Waals surface area contributed by atoms with Crippen molar-refractivity contribution in [3.63, 3.8) is 0 Å². The van der Waals surface area contributed by atoms with E-state index in [-0.39, 0.29) is 12.5 Å². The van der Waals surface area contributed by atoms with Crippen molar-refractivity contribution >= 4 is 17.6 Å². The number of amides is 1. The molecular weight excluding hydrogens is 324 g/mol. The van der Waals surface area contributed by atoms with Gasteiger partial charge < -0.3 is 16.0 Å². The number of nitrogens with one attached hydrogen (secondary N) is 3. The van der Waals surface area contributed by atoms with Crippen molar-refractivity contribution in [1.82, 2.24) is 10.6 Å². The summed E-state index contributed by atoms with van der Waals surface area (Å²) < 4.78 is 0. The molecule has 0 bridgehead atoms. The molecule has 0 spiro atoms. The van der Waals surface area contributed by atoms with Crippen molar-refractivity contribution in [2.45, 2.75) is 20.4 Å². The topological polar surface area (TPSA) is 65.5 Å². The molecule has 0 unspecified atom stereocenters. The number of carbonyl (C=O) groups is 1. The largest absolute Gasteiger partial charge is 0.357 e. The highest BCUT2D eigenvalue weighted by Gasteiger charge is 2.05. The molecule has 3 N–H and O–H groups in total. The fraction of sp³-hybridized carbons (Fsp3) is 0.238. The number of carbonyl (C=O) groups excluding carboxylic acids is 1. The van der Waals surface area contributed by atoms with Gasteiger partial charge >= 0.3 is 0 Å². The van der Waals surface area contributed by atoms with Crippen molar-refractivity contribution in [3.05, 3.63) is 65.2 Å². The number of hydrogen-bond donors (Lipinski definition) is 3. The second-order valence-electron chi connectivity index (χ2n) is 5.75. The minimum absolute atomic E-state index is 0.111. The zero-order valence-electron chi connectivity index (χ0n) is 15.2. The summed E-state index contributed by atoms with van der Waals surface area (Å²) in [6.07, 6.45) is 5.37. The highest BCUT2D eigenvalue weighted by Crippen LogP contribution is 2.09. The zero-order chi connectivity index (χ0) is 18.8. The van der Waals surface area contributed by atoms with Gasteiger partial charge in [0.05, 0.1) is 13.1 Å². The van der Waals surface area contributed by atoms with Crippen LogP contribution >= 0.6 is 0 Å². The lowest BCUT2D eigenvalue weighted by Crippen LogP contribution is -2.41. The Hall–Kier alpha value is -3.26. The van der Waals surface area contributed by atoms with E-state index in [9.17, 15) is 4.79 Å². The van der Waals surface area contributed by atoms with E-state index in [0.29, 0.717) is 24.7 Å². The fourth-order valence-electron chi connectivity index (χ4n) is 2.35. The van der Waals surface area contributed by atoms with E-state index in [1.807, 2.05) is 37.3 Å². The summed E-state index contributed by atoms with van der Waals surface area (Å²) in [5, 5.41) is 9.00. The number of anilines is 1. The molecule has 26 heavy (non-hydrogen) atoms. The normalized spacial score (nSPS) is 10.7. The molecule has 134 valence electrons. The van der Waals surface area contributed by atoms with Gasteiger partial charge in [0.25, 0.3) is 0 Å². The van der Waals surface area contributed by atoms with Crippen LogP contribution < -0.4 is 16.0 Å².